The van der Waals surface area contributed by atoms with Gasteiger partial charge in [0.15, 0.2) is 11.5 Å². The normalized spacial score (nSPS) is 10.6. The van der Waals surface area contributed by atoms with Crippen molar-refractivity contribution in [3.63, 3.8) is 0 Å². The molecule has 1 amide bonds. The molecule has 7 nitrogen and oxygen atoms in total. The molecule has 35 heavy (non-hydrogen) atoms. The van der Waals surface area contributed by atoms with Gasteiger partial charge in [0.25, 0.3) is 5.91 Å². The quantitative estimate of drug-likeness (QED) is 0.381. The Morgan fingerprint density at radius 1 is 0.886 bits per heavy atom. The number of benzene rings is 3. The van der Waals surface area contributed by atoms with Gasteiger partial charge in [-0.3, -0.25) is 4.79 Å². The summed E-state index contributed by atoms with van der Waals surface area (Å²) in [6, 6.07) is 20.6. The van der Waals surface area contributed by atoms with Crippen molar-refractivity contribution in [2.45, 2.75) is 6.42 Å². The first kappa shape index (κ1) is 23.8. The highest BCUT2D eigenvalue weighted by molar-refractivity contribution is 5.94. The summed E-state index contributed by atoms with van der Waals surface area (Å²) in [5.74, 6) is 1.37. The first-order chi connectivity index (χ1) is 17.0. The van der Waals surface area contributed by atoms with Crippen molar-refractivity contribution < 1.29 is 23.4 Å². The second kappa shape index (κ2) is 10.7. The summed E-state index contributed by atoms with van der Waals surface area (Å²) in [7, 11) is 4.76. The SMILES string of the molecule is COc1ccc(-n2nc(-c3ccc(F)cc3)cc2C(=O)NCCc2ccc(OC)c(OC)c2)cc1. The zero-order valence-corrected chi connectivity index (χ0v) is 19.7. The zero-order valence-electron chi connectivity index (χ0n) is 19.7. The van der Waals surface area contributed by atoms with Gasteiger partial charge in [-0.2, -0.15) is 5.10 Å². The number of carbonyl (C=O) groups is 1. The Morgan fingerprint density at radius 3 is 2.26 bits per heavy atom. The topological polar surface area (TPSA) is 74.6 Å². The monoisotopic (exact) mass is 475 g/mol. The number of methoxy groups -OCH3 is 3. The van der Waals surface area contributed by atoms with Crippen LogP contribution in [-0.2, 0) is 6.42 Å². The zero-order chi connectivity index (χ0) is 24.8. The maximum absolute atomic E-state index is 13.4. The lowest BCUT2D eigenvalue weighted by Crippen LogP contribution is -2.27. The van der Waals surface area contributed by atoms with Gasteiger partial charge in [0.2, 0.25) is 0 Å². The fraction of sp³-hybridized carbons (Fsp3) is 0.185. The Kier molecular flexibility index (Phi) is 7.30. The summed E-state index contributed by atoms with van der Waals surface area (Å²) in [6.45, 7) is 0.411. The predicted octanol–water partition coefficient (Wildman–Crippen LogP) is 4.68. The van der Waals surface area contributed by atoms with E-state index in [4.69, 9.17) is 14.2 Å². The van der Waals surface area contributed by atoms with Crippen LogP contribution >= 0.6 is 0 Å². The van der Waals surface area contributed by atoms with E-state index in [-0.39, 0.29) is 11.7 Å². The average Bonchev–Trinajstić information content (AvgIpc) is 3.34. The van der Waals surface area contributed by atoms with Crippen molar-refractivity contribution in [3.05, 3.63) is 89.9 Å². The standard InChI is InChI=1S/C27H26FN3O4/c1-33-22-11-9-21(10-12-22)31-24(17-23(30-31)19-5-7-20(28)8-6-19)27(32)29-15-14-18-4-13-25(34-2)26(16-18)35-3/h4-13,16-17H,14-15H2,1-3H3,(H,29,32). The highest BCUT2D eigenvalue weighted by Crippen LogP contribution is 2.28. The molecule has 0 atom stereocenters. The van der Waals surface area contributed by atoms with Crippen molar-refractivity contribution in [1.82, 2.24) is 15.1 Å². The number of nitrogens with zero attached hydrogens (tertiary/aromatic N) is 2. The largest absolute Gasteiger partial charge is 0.497 e. The number of nitrogens with one attached hydrogen (secondary N) is 1. The van der Waals surface area contributed by atoms with Gasteiger partial charge in [-0.25, -0.2) is 9.07 Å². The molecule has 0 saturated carbocycles. The highest BCUT2D eigenvalue weighted by Gasteiger charge is 2.18. The Balaban J connectivity index is 1.56. The van der Waals surface area contributed by atoms with Gasteiger partial charge >= 0.3 is 0 Å². The van der Waals surface area contributed by atoms with Crippen molar-refractivity contribution in [2.24, 2.45) is 0 Å². The van der Waals surface area contributed by atoms with Crippen LogP contribution in [0, 0.1) is 5.82 Å². The van der Waals surface area contributed by atoms with E-state index >= 15 is 0 Å². The van der Waals surface area contributed by atoms with Gasteiger partial charge in [-0.15, -0.1) is 0 Å². The molecule has 1 aromatic heterocycles. The van der Waals surface area contributed by atoms with Gasteiger partial charge < -0.3 is 19.5 Å². The third-order valence-corrected chi connectivity index (χ3v) is 5.55. The summed E-state index contributed by atoms with van der Waals surface area (Å²) in [6.07, 6.45) is 0.605. The molecule has 3 aromatic carbocycles. The molecule has 0 saturated heterocycles. The van der Waals surface area contributed by atoms with Gasteiger partial charge in [0.05, 0.1) is 32.7 Å². The van der Waals surface area contributed by atoms with E-state index in [0.29, 0.717) is 52.9 Å². The number of carbonyl (C=O) groups excluding carboxylic acids is 1. The number of rotatable bonds is 9. The molecule has 0 bridgehead atoms. The predicted molar refractivity (Wildman–Crippen MR) is 131 cm³/mol. The van der Waals surface area contributed by atoms with Crippen LogP contribution in [-0.4, -0.2) is 43.6 Å². The molecule has 0 aliphatic heterocycles. The van der Waals surface area contributed by atoms with Crippen LogP contribution in [0.3, 0.4) is 0 Å². The van der Waals surface area contributed by atoms with Crippen LogP contribution in [0.1, 0.15) is 16.1 Å². The molecular formula is C27H26FN3O4. The minimum atomic E-state index is -0.337. The van der Waals surface area contributed by atoms with E-state index in [2.05, 4.69) is 10.4 Å². The van der Waals surface area contributed by atoms with E-state index in [1.54, 1.807) is 56.3 Å². The van der Waals surface area contributed by atoms with Crippen LogP contribution < -0.4 is 19.5 Å². The molecule has 4 rings (SSSR count). The smallest absolute Gasteiger partial charge is 0.270 e. The number of hydrogen-bond donors (Lipinski definition) is 1. The summed E-state index contributed by atoms with van der Waals surface area (Å²) < 4.78 is 30.8. The molecule has 8 heteroatoms. The third-order valence-electron chi connectivity index (χ3n) is 5.55. The van der Waals surface area contributed by atoms with E-state index in [9.17, 15) is 9.18 Å². The minimum Gasteiger partial charge on any atom is -0.497 e. The number of hydrogen-bond acceptors (Lipinski definition) is 5. The molecule has 0 aliphatic rings. The number of ether oxygens (including phenoxy) is 3. The number of halogens is 1. The second-order valence-electron chi connectivity index (χ2n) is 7.73. The molecule has 0 spiro atoms. The van der Waals surface area contributed by atoms with E-state index in [1.807, 2.05) is 30.3 Å². The summed E-state index contributed by atoms with van der Waals surface area (Å²) in [5.41, 5.74) is 3.33. The molecular weight excluding hydrogens is 449 g/mol. The van der Waals surface area contributed by atoms with E-state index < -0.39 is 0 Å². The van der Waals surface area contributed by atoms with Gasteiger partial charge in [0.1, 0.15) is 17.3 Å². The second-order valence-corrected chi connectivity index (χ2v) is 7.73. The van der Waals surface area contributed by atoms with Crippen LogP contribution in [0.4, 0.5) is 4.39 Å². The van der Waals surface area contributed by atoms with Crippen LogP contribution in [0.2, 0.25) is 0 Å². The fourth-order valence-electron chi connectivity index (χ4n) is 3.67. The lowest BCUT2D eigenvalue weighted by molar-refractivity contribution is 0.0946. The molecule has 1 N–H and O–H groups in total. The Hall–Kier alpha value is -4.33. The summed E-state index contributed by atoms with van der Waals surface area (Å²) in [5, 5.41) is 7.59. The third kappa shape index (κ3) is 5.43. The summed E-state index contributed by atoms with van der Waals surface area (Å²) in [4.78, 5) is 13.2. The first-order valence-electron chi connectivity index (χ1n) is 11.0. The lowest BCUT2D eigenvalue weighted by atomic mass is 10.1. The Morgan fingerprint density at radius 2 is 1.60 bits per heavy atom. The van der Waals surface area contributed by atoms with Crippen molar-refractivity contribution in [3.8, 4) is 34.2 Å². The molecule has 0 fully saturated rings. The average molecular weight is 476 g/mol. The van der Waals surface area contributed by atoms with E-state index in [1.165, 1.54) is 12.1 Å². The molecule has 0 aliphatic carbocycles. The van der Waals surface area contributed by atoms with Gasteiger partial charge in [0, 0.05) is 12.1 Å². The Labute approximate surface area is 203 Å². The molecule has 0 radical (unpaired) electrons. The van der Waals surface area contributed by atoms with Crippen LogP contribution in [0.5, 0.6) is 17.2 Å². The Bertz CT molecular complexity index is 1300. The molecule has 4 aromatic rings. The number of aromatic nitrogens is 2. The van der Waals surface area contributed by atoms with Crippen molar-refractivity contribution in [2.75, 3.05) is 27.9 Å². The maximum atomic E-state index is 13.4. The molecule has 180 valence electrons. The van der Waals surface area contributed by atoms with Crippen LogP contribution in [0.15, 0.2) is 72.8 Å². The van der Waals surface area contributed by atoms with Crippen molar-refractivity contribution >= 4 is 5.91 Å². The van der Waals surface area contributed by atoms with Crippen molar-refractivity contribution in [1.29, 1.82) is 0 Å². The maximum Gasteiger partial charge on any atom is 0.270 e. The summed E-state index contributed by atoms with van der Waals surface area (Å²) >= 11 is 0. The van der Waals surface area contributed by atoms with E-state index in [0.717, 1.165) is 5.56 Å². The molecule has 1 heterocycles. The number of amides is 1. The van der Waals surface area contributed by atoms with Crippen LogP contribution in [0.25, 0.3) is 16.9 Å². The van der Waals surface area contributed by atoms with Gasteiger partial charge in [-0.1, -0.05) is 6.07 Å². The lowest BCUT2D eigenvalue weighted by Gasteiger charge is -2.11. The first-order valence-corrected chi connectivity index (χ1v) is 11.0. The molecule has 0 unspecified atom stereocenters. The highest BCUT2D eigenvalue weighted by atomic mass is 19.1. The minimum absolute atomic E-state index is 0.276. The van der Waals surface area contributed by atoms with Gasteiger partial charge in [-0.05, 0) is 78.7 Å². The fourth-order valence-corrected chi connectivity index (χ4v) is 3.67.